The zero-order valence-corrected chi connectivity index (χ0v) is 17.8. The molecule has 0 saturated carbocycles. The van der Waals surface area contributed by atoms with E-state index in [4.69, 9.17) is 0 Å². The first-order valence-corrected chi connectivity index (χ1v) is 11.4. The number of rotatable bonds is 5. The molecule has 160 valence electrons. The second-order valence-electron chi connectivity index (χ2n) is 7.87. The van der Waals surface area contributed by atoms with Crippen LogP contribution in [0.3, 0.4) is 0 Å². The van der Waals surface area contributed by atoms with Crippen LogP contribution < -0.4 is 4.90 Å². The second kappa shape index (κ2) is 8.83. The first-order valence-electron chi connectivity index (χ1n) is 10.2. The molecule has 0 aliphatic carbocycles. The number of anilines is 1. The van der Waals surface area contributed by atoms with Crippen molar-refractivity contribution in [3.05, 3.63) is 59.9 Å². The molecular formula is C22H26FN3O3S. The molecule has 0 spiro atoms. The summed E-state index contributed by atoms with van der Waals surface area (Å²) >= 11 is 0. The van der Waals surface area contributed by atoms with E-state index in [2.05, 4.69) is 16.7 Å². The highest BCUT2D eigenvalue weighted by Gasteiger charge is 2.38. The van der Waals surface area contributed by atoms with Gasteiger partial charge in [0.25, 0.3) is 0 Å². The third kappa shape index (κ3) is 4.26. The summed E-state index contributed by atoms with van der Waals surface area (Å²) in [4.78, 5) is 19.6. The van der Waals surface area contributed by atoms with Gasteiger partial charge in [-0.15, -0.1) is 0 Å². The Hall–Kier alpha value is -2.29. The Morgan fingerprint density at radius 1 is 1.00 bits per heavy atom. The van der Waals surface area contributed by atoms with E-state index in [0.29, 0.717) is 6.54 Å². The summed E-state index contributed by atoms with van der Waals surface area (Å²) in [5.41, 5.74) is 1.70. The number of piperazine rings is 1. The van der Waals surface area contributed by atoms with Crippen LogP contribution in [0.25, 0.3) is 0 Å². The lowest BCUT2D eigenvalue weighted by Gasteiger charge is -2.40. The number of hydrogen-bond acceptors (Lipinski definition) is 5. The molecule has 2 aromatic rings. The number of thiol groups is 1. The molecule has 6 nitrogen and oxygen atoms in total. The molecule has 0 unspecified atom stereocenters. The first kappa shape index (κ1) is 21.0. The average molecular weight is 432 g/mol. The number of benzene rings is 2. The Balaban J connectivity index is 1.36. The predicted molar refractivity (Wildman–Crippen MR) is 114 cm³/mol. The van der Waals surface area contributed by atoms with Crippen LogP contribution in [0.15, 0.2) is 53.4 Å². The first-order chi connectivity index (χ1) is 14.4. The standard InChI is InChI=1S/C22H26FN3O3S/c1-16(17-3-2-4-18(23)15-17)24-11-13-25(14-12-24)21-9-10-26(22(21)27)19-5-7-20(8-6-19)30(28)29/h2-8,15-16,21,30H,9-14H2,1H3/t16-,21-/m0/s1. The maximum Gasteiger partial charge on any atom is 0.244 e. The number of carbonyl (C=O) groups excluding carboxylic acids is 1. The van der Waals surface area contributed by atoms with Crippen molar-refractivity contribution in [2.24, 2.45) is 0 Å². The number of amides is 1. The molecule has 1 amide bonds. The molecule has 0 bridgehead atoms. The summed E-state index contributed by atoms with van der Waals surface area (Å²) in [5, 5.41) is 0. The summed E-state index contributed by atoms with van der Waals surface area (Å²) in [6, 6.07) is 13.2. The number of halogens is 1. The minimum atomic E-state index is -2.62. The van der Waals surface area contributed by atoms with E-state index in [1.807, 2.05) is 6.07 Å². The van der Waals surface area contributed by atoms with Crippen LogP contribution in [0.2, 0.25) is 0 Å². The fourth-order valence-corrected chi connectivity index (χ4v) is 4.82. The van der Waals surface area contributed by atoms with E-state index in [0.717, 1.165) is 43.9 Å². The fraction of sp³-hybridized carbons (Fsp3) is 0.409. The largest absolute Gasteiger partial charge is 0.311 e. The van der Waals surface area contributed by atoms with Crippen LogP contribution in [0, 0.1) is 5.82 Å². The van der Waals surface area contributed by atoms with Gasteiger partial charge in [0.15, 0.2) is 10.7 Å². The lowest BCUT2D eigenvalue weighted by Crippen LogP contribution is -2.52. The van der Waals surface area contributed by atoms with E-state index in [9.17, 15) is 17.6 Å². The molecule has 0 aromatic heterocycles. The number of hydrogen-bond donors (Lipinski definition) is 1. The van der Waals surface area contributed by atoms with Gasteiger partial charge in [-0.1, -0.05) is 12.1 Å². The van der Waals surface area contributed by atoms with Gasteiger partial charge < -0.3 is 4.90 Å². The molecule has 2 fully saturated rings. The smallest absolute Gasteiger partial charge is 0.244 e. The molecule has 0 radical (unpaired) electrons. The van der Waals surface area contributed by atoms with Crippen molar-refractivity contribution in [3.8, 4) is 0 Å². The van der Waals surface area contributed by atoms with Crippen LogP contribution in [-0.4, -0.2) is 62.9 Å². The lowest BCUT2D eigenvalue weighted by molar-refractivity contribution is -0.122. The van der Waals surface area contributed by atoms with Crippen LogP contribution in [0.1, 0.15) is 24.9 Å². The molecule has 2 aliphatic heterocycles. The number of carbonyl (C=O) groups is 1. The van der Waals surface area contributed by atoms with Crippen LogP contribution in [0.5, 0.6) is 0 Å². The Morgan fingerprint density at radius 2 is 1.70 bits per heavy atom. The monoisotopic (exact) mass is 431 g/mol. The van der Waals surface area contributed by atoms with E-state index in [-0.39, 0.29) is 28.7 Å². The van der Waals surface area contributed by atoms with Gasteiger partial charge in [0, 0.05) is 44.5 Å². The third-order valence-electron chi connectivity index (χ3n) is 6.22. The van der Waals surface area contributed by atoms with Gasteiger partial charge in [-0.2, -0.15) is 0 Å². The van der Waals surface area contributed by atoms with Gasteiger partial charge in [0.05, 0.1) is 10.9 Å². The quantitative estimate of drug-likeness (QED) is 0.736. The lowest BCUT2D eigenvalue weighted by atomic mass is 10.1. The van der Waals surface area contributed by atoms with Gasteiger partial charge in [0.1, 0.15) is 5.82 Å². The van der Waals surface area contributed by atoms with E-state index < -0.39 is 10.7 Å². The minimum absolute atomic E-state index is 0.0703. The SMILES string of the molecule is C[C@@H](c1cccc(F)c1)N1CCN([C@H]2CCN(c3ccc([SH](=O)=O)cc3)C2=O)CC1. The Morgan fingerprint density at radius 3 is 2.33 bits per heavy atom. The molecule has 2 aromatic carbocycles. The van der Waals surface area contributed by atoms with Gasteiger partial charge in [-0.3, -0.25) is 14.6 Å². The highest BCUT2D eigenvalue weighted by Crippen LogP contribution is 2.27. The summed E-state index contributed by atoms with van der Waals surface area (Å²) in [5.74, 6) is -0.148. The molecule has 2 aliphatic rings. The van der Waals surface area contributed by atoms with Crippen molar-refractivity contribution in [1.82, 2.24) is 9.80 Å². The maximum absolute atomic E-state index is 13.5. The van der Waals surface area contributed by atoms with E-state index in [1.54, 1.807) is 29.2 Å². The molecule has 2 atom stereocenters. The van der Waals surface area contributed by atoms with Crippen LogP contribution in [-0.2, 0) is 15.5 Å². The molecular weight excluding hydrogens is 405 g/mol. The summed E-state index contributed by atoms with van der Waals surface area (Å²) in [6.45, 7) is 5.96. The third-order valence-corrected chi connectivity index (χ3v) is 6.94. The van der Waals surface area contributed by atoms with E-state index >= 15 is 0 Å². The molecule has 4 rings (SSSR count). The van der Waals surface area contributed by atoms with Crippen molar-refractivity contribution in [1.29, 1.82) is 0 Å². The highest BCUT2D eigenvalue weighted by molar-refractivity contribution is 7.72. The van der Waals surface area contributed by atoms with Gasteiger partial charge in [-0.25, -0.2) is 12.8 Å². The van der Waals surface area contributed by atoms with Gasteiger partial charge >= 0.3 is 0 Å². The molecule has 2 heterocycles. The molecule has 2 saturated heterocycles. The Kier molecular flexibility index (Phi) is 6.17. The van der Waals surface area contributed by atoms with Gasteiger partial charge in [-0.05, 0) is 55.3 Å². The van der Waals surface area contributed by atoms with Crippen molar-refractivity contribution in [2.75, 3.05) is 37.6 Å². The van der Waals surface area contributed by atoms with Gasteiger partial charge in [0.2, 0.25) is 5.91 Å². The predicted octanol–water partition coefficient (Wildman–Crippen LogP) is 2.28. The van der Waals surface area contributed by atoms with Crippen molar-refractivity contribution < 1.29 is 17.6 Å². The summed E-state index contributed by atoms with van der Waals surface area (Å²) in [6.07, 6.45) is 0.760. The van der Waals surface area contributed by atoms with Crippen LogP contribution in [0.4, 0.5) is 10.1 Å². The fourth-order valence-electron chi connectivity index (χ4n) is 4.43. The minimum Gasteiger partial charge on any atom is -0.311 e. The van der Waals surface area contributed by atoms with E-state index in [1.165, 1.54) is 18.2 Å². The second-order valence-corrected chi connectivity index (χ2v) is 8.90. The molecule has 0 N–H and O–H groups in total. The normalized spacial score (nSPS) is 22.0. The van der Waals surface area contributed by atoms with Crippen molar-refractivity contribution >= 4 is 22.3 Å². The molecule has 8 heteroatoms. The summed E-state index contributed by atoms with van der Waals surface area (Å²) in [7, 11) is -2.62. The Bertz CT molecular complexity index is 979. The molecule has 30 heavy (non-hydrogen) atoms. The average Bonchev–Trinajstić information content (AvgIpc) is 3.14. The number of nitrogens with zero attached hydrogens (tertiary/aromatic N) is 3. The van der Waals surface area contributed by atoms with Crippen LogP contribution >= 0.6 is 0 Å². The Labute approximate surface area is 177 Å². The highest BCUT2D eigenvalue weighted by atomic mass is 32.2. The topological polar surface area (TPSA) is 60.9 Å². The van der Waals surface area contributed by atoms with Crippen molar-refractivity contribution in [3.63, 3.8) is 0 Å². The zero-order chi connectivity index (χ0) is 21.3. The maximum atomic E-state index is 13.5. The summed E-state index contributed by atoms with van der Waals surface area (Å²) < 4.78 is 35.7. The van der Waals surface area contributed by atoms with Crippen molar-refractivity contribution in [2.45, 2.75) is 30.3 Å². The zero-order valence-electron chi connectivity index (χ0n) is 16.9.